The maximum Gasteiger partial charge on any atom is 0.120 e. The van der Waals surface area contributed by atoms with Gasteiger partial charge in [-0.05, 0) is 51.0 Å². The molecule has 0 radical (unpaired) electrons. The van der Waals surface area contributed by atoms with Gasteiger partial charge in [0.05, 0.1) is 6.61 Å². The molecule has 0 atom stereocenters. The van der Waals surface area contributed by atoms with Gasteiger partial charge in [-0.1, -0.05) is 20.8 Å². The third-order valence-electron chi connectivity index (χ3n) is 4.03. The molecule has 0 unspecified atom stereocenters. The molecule has 1 aromatic heterocycles. The summed E-state index contributed by atoms with van der Waals surface area (Å²) in [5.41, 5.74) is 4.04. The summed E-state index contributed by atoms with van der Waals surface area (Å²) in [5.74, 6) is 0.973. The van der Waals surface area contributed by atoms with Crippen LogP contribution in [0, 0.1) is 6.92 Å². The fraction of sp³-hybridized carbons (Fsp3) is 0.579. The Kier molecular flexibility index (Phi) is 5.52. The third-order valence-corrected chi connectivity index (χ3v) is 4.03. The minimum Gasteiger partial charge on any atom is -0.494 e. The molecule has 2 rings (SSSR count). The smallest absolute Gasteiger partial charge is 0.120 e. The topological polar surface area (TPSA) is 26.2 Å². The molecule has 122 valence electrons. The van der Waals surface area contributed by atoms with Crippen LogP contribution in [-0.2, 0) is 6.54 Å². The molecular formula is C19H30N2O. The number of nitrogens with one attached hydrogen (secondary N) is 1. The van der Waals surface area contributed by atoms with E-state index in [2.05, 4.69) is 69.6 Å². The summed E-state index contributed by atoms with van der Waals surface area (Å²) < 4.78 is 8.25. The standard InChI is InChI=1S/C19H30N2O/c1-7-10-22-16-8-9-19-17(11-16)18(12-20-13(2)3)15(6)21(19)14(4)5/h8-9,11,13-14,20H,7,10,12H2,1-6H3. The number of nitrogens with zero attached hydrogens (tertiary/aromatic N) is 1. The Balaban J connectivity index is 2.50. The zero-order valence-corrected chi connectivity index (χ0v) is 14.9. The number of hydrogen-bond acceptors (Lipinski definition) is 2. The SMILES string of the molecule is CCCOc1ccc2c(c1)c(CNC(C)C)c(C)n2C(C)C. The van der Waals surface area contributed by atoms with Gasteiger partial charge in [0.25, 0.3) is 0 Å². The first-order valence-corrected chi connectivity index (χ1v) is 8.45. The summed E-state index contributed by atoms with van der Waals surface area (Å²) in [4.78, 5) is 0. The van der Waals surface area contributed by atoms with E-state index < -0.39 is 0 Å². The summed E-state index contributed by atoms with van der Waals surface area (Å²) in [5, 5.41) is 4.87. The van der Waals surface area contributed by atoms with Crippen LogP contribution in [0.2, 0.25) is 0 Å². The van der Waals surface area contributed by atoms with E-state index in [1.165, 1.54) is 22.2 Å². The fourth-order valence-electron chi connectivity index (χ4n) is 2.99. The Morgan fingerprint density at radius 2 is 1.91 bits per heavy atom. The van der Waals surface area contributed by atoms with Crippen LogP contribution < -0.4 is 10.1 Å². The van der Waals surface area contributed by atoms with E-state index in [4.69, 9.17) is 4.74 Å². The Bertz CT molecular complexity index is 626. The first-order valence-electron chi connectivity index (χ1n) is 8.45. The molecule has 1 heterocycles. The van der Waals surface area contributed by atoms with Crippen LogP contribution in [0.4, 0.5) is 0 Å². The van der Waals surface area contributed by atoms with E-state index in [0.29, 0.717) is 12.1 Å². The van der Waals surface area contributed by atoms with Gasteiger partial charge in [0.2, 0.25) is 0 Å². The van der Waals surface area contributed by atoms with Crippen LogP contribution in [0.5, 0.6) is 5.75 Å². The van der Waals surface area contributed by atoms with Crippen molar-refractivity contribution in [2.24, 2.45) is 0 Å². The zero-order chi connectivity index (χ0) is 16.3. The van der Waals surface area contributed by atoms with E-state index in [9.17, 15) is 0 Å². The van der Waals surface area contributed by atoms with Crippen LogP contribution >= 0.6 is 0 Å². The summed E-state index contributed by atoms with van der Waals surface area (Å²) in [6.45, 7) is 14.9. The largest absolute Gasteiger partial charge is 0.494 e. The predicted molar refractivity (Wildman–Crippen MR) is 94.8 cm³/mol. The van der Waals surface area contributed by atoms with Crippen molar-refractivity contribution in [2.45, 2.75) is 66.6 Å². The molecule has 0 amide bonds. The lowest BCUT2D eigenvalue weighted by molar-refractivity contribution is 0.318. The Hall–Kier alpha value is -1.48. The number of rotatable bonds is 7. The van der Waals surface area contributed by atoms with E-state index >= 15 is 0 Å². The average Bonchev–Trinajstić information content (AvgIpc) is 2.74. The molecule has 3 heteroatoms. The molecule has 1 aromatic carbocycles. The lowest BCUT2D eigenvalue weighted by Crippen LogP contribution is -2.22. The van der Waals surface area contributed by atoms with Gasteiger partial charge in [-0.25, -0.2) is 0 Å². The van der Waals surface area contributed by atoms with Crippen molar-refractivity contribution in [3.8, 4) is 5.75 Å². The van der Waals surface area contributed by atoms with Gasteiger partial charge in [0.15, 0.2) is 0 Å². The van der Waals surface area contributed by atoms with Gasteiger partial charge in [-0.15, -0.1) is 0 Å². The lowest BCUT2D eigenvalue weighted by atomic mass is 10.1. The minimum atomic E-state index is 0.456. The van der Waals surface area contributed by atoms with Crippen molar-refractivity contribution >= 4 is 10.9 Å². The molecule has 1 N–H and O–H groups in total. The van der Waals surface area contributed by atoms with E-state index in [1.54, 1.807) is 0 Å². The van der Waals surface area contributed by atoms with Crippen LogP contribution in [0.25, 0.3) is 10.9 Å². The van der Waals surface area contributed by atoms with Gasteiger partial charge in [0.1, 0.15) is 5.75 Å². The molecule has 22 heavy (non-hydrogen) atoms. The maximum atomic E-state index is 5.82. The van der Waals surface area contributed by atoms with Crippen molar-refractivity contribution in [1.29, 1.82) is 0 Å². The third kappa shape index (κ3) is 3.46. The highest BCUT2D eigenvalue weighted by atomic mass is 16.5. The van der Waals surface area contributed by atoms with Gasteiger partial charge < -0.3 is 14.6 Å². The number of aromatic nitrogens is 1. The highest BCUT2D eigenvalue weighted by Gasteiger charge is 2.16. The Labute approximate surface area is 134 Å². The molecule has 0 aliphatic rings. The van der Waals surface area contributed by atoms with Crippen molar-refractivity contribution in [2.75, 3.05) is 6.61 Å². The molecule has 0 aliphatic carbocycles. The van der Waals surface area contributed by atoms with Crippen LogP contribution in [0.3, 0.4) is 0 Å². The summed E-state index contributed by atoms with van der Waals surface area (Å²) >= 11 is 0. The second-order valence-corrected chi connectivity index (χ2v) is 6.59. The molecule has 0 aliphatic heterocycles. The second-order valence-electron chi connectivity index (χ2n) is 6.59. The minimum absolute atomic E-state index is 0.456. The monoisotopic (exact) mass is 302 g/mol. The molecular weight excluding hydrogens is 272 g/mol. The first kappa shape index (κ1) is 16.9. The summed E-state index contributed by atoms with van der Waals surface area (Å²) in [7, 11) is 0. The second kappa shape index (κ2) is 7.19. The highest BCUT2D eigenvalue weighted by molar-refractivity contribution is 5.87. The van der Waals surface area contributed by atoms with E-state index in [-0.39, 0.29) is 0 Å². The van der Waals surface area contributed by atoms with Crippen LogP contribution in [-0.4, -0.2) is 17.2 Å². The van der Waals surface area contributed by atoms with E-state index in [0.717, 1.165) is 25.3 Å². The normalized spacial score (nSPS) is 11.8. The Morgan fingerprint density at radius 1 is 1.18 bits per heavy atom. The highest BCUT2D eigenvalue weighted by Crippen LogP contribution is 2.32. The molecule has 0 spiro atoms. The summed E-state index contributed by atoms with van der Waals surface area (Å²) in [6, 6.07) is 7.44. The van der Waals surface area contributed by atoms with Crippen LogP contribution in [0.15, 0.2) is 18.2 Å². The zero-order valence-electron chi connectivity index (χ0n) is 14.9. The van der Waals surface area contributed by atoms with Crippen molar-refractivity contribution in [1.82, 2.24) is 9.88 Å². The van der Waals surface area contributed by atoms with E-state index in [1.807, 2.05) is 0 Å². The van der Waals surface area contributed by atoms with Gasteiger partial charge in [-0.3, -0.25) is 0 Å². The molecule has 0 fully saturated rings. The number of fused-ring (bicyclic) bond motifs is 1. The molecule has 0 saturated carbocycles. The van der Waals surface area contributed by atoms with Crippen LogP contribution in [0.1, 0.15) is 58.3 Å². The summed E-state index contributed by atoms with van der Waals surface area (Å²) in [6.07, 6.45) is 1.03. The fourth-order valence-corrected chi connectivity index (χ4v) is 2.99. The van der Waals surface area contributed by atoms with Gasteiger partial charge in [-0.2, -0.15) is 0 Å². The van der Waals surface area contributed by atoms with Gasteiger partial charge in [0, 0.05) is 35.2 Å². The quantitative estimate of drug-likeness (QED) is 0.793. The maximum absolute atomic E-state index is 5.82. The van der Waals surface area contributed by atoms with Crippen molar-refractivity contribution in [3.05, 3.63) is 29.5 Å². The average molecular weight is 302 g/mol. The molecule has 2 aromatic rings. The van der Waals surface area contributed by atoms with Gasteiger partial charge >= 0.3 is 0 Å². The van der Waals surface area contributed by atoms with Crippen molar-refractivity contribution < 1.29 is 4.74 Å². The lowest BCUT2D eigenvalue weighted by Gasteiger charge is -2.13. The first-order chi connectivity index (χ1) is 10.5. The molecule has 0 saturated heterocycles. The number of benzene rings is 1. The predicted octanol–water partition coefficient (Wildman–Crippen LogP) is 4.82. The van der Waals surface area contributed by atoms with Crippen molar-refractivity contribution in [3.63, 3.8) is 0 Å². The molecule has 3 nitrogen and oxygen atoms in total. The molecule has 0 bridgehead atoms. The number of ether oxygens (including phenoxy) is 1. The Morgan fingerprint density at radius 3 is 2.50 bits per heavy atom. The number of hydrogen-bond donors (Lipinski definition) is 1.